The van der Waals surface area contributed by atoms with Crippen molar-refractivity contribution in [1.29, 1.82) is 0 Å². The number of imide groups is 1. The first-order chi connectivity index (χ1) is 21.3. The van der Waals surface area contributed by atoms with Crippen LogP contribution in [0.15, 0.2) is 66.9 Å². The van der Waals surface area contributed by atoms with Gasteiger partial charge in [0.2, 0.25) is 5.91 Å². The molecule has 1 aliphatic heterocycles. The minimum absolute atomic E-state index is 0.0475. The second-order valence-corrected chi connectivity index (χ2v) is 10.8. The van der Waals surface area contributed by atoms with Crippen molar-refractivity contribution in [3.63, 3.8) is 0 Å². The van der Waals surface area contributed by atoms with Crippen LogP contribution < -0.4 is 24.8 Å². The van der Waals surface area contributed by atoms with Crippen molar-refractivity contribution < 1.29 is 33.3 Å². The fraction of sp³-hybridized carbons (Fsp3) is 0.281. The Hall–Kier alpha value is -4.45. The minimum Gasteiger partial charge on any atom is -0.493 e. The zero-order chi connectivity index (χ0) is 31.1. The number of benzene rings is 3. The minimum atomic E-state index is -0.807. The lowest BCUT2D eigenvalue weighted by molar-refractivity contribution is -0.119. The van der Waals surface area contributed by atoms with E-state index < -0.39 is 23.9 Å². The molecule has 1 atom stereocenters. The highest BCUT2D eigenvalue weighted by Crippen LogP contribution is 2.38. The van der Waals surface area contributed by atoms with Gasteiger partial charge >= 0.3 is 6.03 Å². The monoisotopic (exact) mass is 622 g/mol. The standard InChI is InChI=1S/C32H32ClFN4O6/c1-42-29-16-24-26(17-30(29)43-19-23(39)18-38-11-2-3-12-38)35-10-9-27(24)44-28-8-7-22(15-25(28)34)36-32(41)37-31(40)14-20-5-4-6-21(33)13-20/h4-10,13,15-17,23,39H,2-3,11-12,14,18-19H2,1H3,(H2,36,37,40,41). The number of methoxy groups -OCH3 is 1. The molecule has 44 heavy (non-hydrogen) atoms. The summed E-state index contributed by atoms with van der Waals surface area (Å²) in [6, 6.07) is 14.8. The Balaban J connectivity index is 1.22. The Bertz CT molecular complexity index is 1650. The van der Waals surface area contributed by atoms with Crippen molar-refractivity contribution in [2.24, 2.45) is 0 Å². The number of rotatable bonds is 11. The van der Waals surface area contributed by atoms with Crippen LogP contribution in [0.4, 0.5) is 14.9 Å². The van der Waals surface area contributed by atoms with Crippen LogP contribution in [-0.4, -0.2) is 66.4 Å². The Kier molecular flexibility index (Phi) is 10.1. The van der Waals surface area contributed by atoms with Crippen LogP contribution in [0.2, 0.25) is 5.02 Å². The Morgan fingerprint density at radius 1 is 1.05 bits per heavy atom. The zero-order valence-corrected chi connectivity index (χ0v) is 24.8. The van der Waals surface area contributed by atoms with Crippen LogP contribution in [0.3, 0.4) is 0 Å². The van der Waals surface area contributed by atoms with E-state index in [0.717, 1.165) is 32.0 Å². The number of carbonyl (C=O) groups excluding carboxylic acids is 2. The van der Waals surface area contributed by atoms with Gasteiger partial charge in [-0.15, -0.1) is 0 Å². The number of aliphatic hydroxyl groups excluding tert-OH is 1. The summed E-state index contributed by atoms with van der Waals surface area (Å²) in [5.74, 6) is -0.243. The third-order valence-corrected chi connectivity index (χ3v) is 7.24. The normalized spacial score (nSPS) is 13.8. The molecule has 2 heterocycles. The van der Waals surface area contributed by atoms with E-state index >= 15 is 4.39 Å². The summed E-state index contributed by atoms with van der Waals surface area (Å²) in [7, 11) is 1.50. The van der Waals surface area contributed by atoms with Crippen LogP contribution in [0.25, 0.3) is 10.9 Å². The number of fused-ring (bicyclic) bond motifs is 1. The molecule has 10 nitrogen and oxygen atoms in total. The molecule has 5 rings (SSSR count). The van der Waals surface area contributed by atoms with Gasteiger partial charge in [0.25, 0.3) is 0 Å². The quantitative estimate of drug-likeness (QED) is 0.199. The summed E-state index contributed by atoms with van der Waals surface area (Å²) in [6.07, 6.45) is 3.09. The average molecular weight is 623 g/mol. The number of ether oxygens (including phenoxy) is 3. The highest BCUT2D eigenvalue weighted by Gasteiger charge is 2.19. The molecule has 3 amide bonds. The lowest BCUT2D eigenvalue weighted by atomic mass is 10.1. The maximum atomic E-state index is 15.0. The number of aromatic nitrogens is 1. The van der Waals surface area contributed by atoms with Crippen LogP contribution in [0, 0.1) is 5.82 Å². The number of urea groups is 1. The molecule has 230 valence electrons. The van der Waals surface area contributed by atoms with E-state index in [1.807, 2.05) is 0 Å². The van der Waals surface area contributed by atoms with Gasteiger partial charge in [0.1, 0.15) is 18.5 Å². The molecule has 0 saturated carbocycles. The highest BCUT2D eigenvalue weighted by molar-refractivity contribution is 6.30. The predicted octanol–water partition coefficient (Wildman–Crippen LogP) is 5.55. The topological polar surface area (TPSA) is 122 Å². The number of likely N-dealkylation sites (tertiary alicyclic amines) is 1. The van der Waals surface area contributed by atoms with Crippen molar-refractivity contribution in [2.75, 3.05) is 38.7 Å². The Morgan fingerprint density at radius 3 is 2.61 bits per heavy atom. The van der Waals surface area contributed by atoms with E-state index in [-0.39, 0.29) is 24.5 Å². The van der Waals surface area contributed by atoms with Crippen LogP contribution in [0.5, 0.6) is 23.0 Å². The predicted molar refractivity (Wildman–Crippen MR) is 164 cm³/mol. The number of hydrogen-bond donors (Lipinski definition) is 3. The van der Waals surface area contributed by atoms with Crippen molar-refractivity contribution in [1.82, 2.24) is 15.2 Å². The van der Waals surface area contributed by atoms with Gasteiger partial charge in [-0.25, -0.2) is 9.18 Å². The number of carbonyl (C=O) groups is 2. The lowest BCUT2D eigenvalue weighted by Gasteiger charge is -2.20. The highest BCUT2D eigenvalue weighted by atomic mass is 35.5. The second-order valence-electron chi connectivity index (χ2n) is 10.4. The first-order valence-corrected chi connectivity index (χ1v) is 14.5. The van der Waals surface area contributed by atoms with Gasteiger partial charge in [-0.2, -0.15) is 0 Å². The third-order valence-electron chi connectivity index (χ3n) is 7.00. The van der Waals surface area contributed by atoms with Crippen molar-refractivity contribution >= 4 is 40.1 Å². The third kappa shape index (κ3) is 8.13. The molecule has 0 aliphatic carbocycles. The van der Waals surface area contributed by atoms with Crippen LogP contribution >= 0.6 is 11.6 Å². The fourth-order valence-electron chi connectivity index (χ4n) is 4.94. The van der Waals surface area contributed by atoms with Gasteiger partial charge in [-0.3, -0.25) is 15.1 Å². The first-order valence-electron chi connectivity index (χ1n) is 14.1. The summed E-state index contributed by atoms with van der Waals surface area (Å²) in [4.78, 5) is 31.1. The number of pyridine rings is 1. The molecule has 12 heteroatoms. The lowest BCUT2D eigenvalue weighted by Crippen LogP contribution is -2.35. The molecule has 1 aromatic heterocycles. The van der Waals surface area contributed by atoms with E-state index in [1.54, 1.807) is 42.5 Å². The molecule has 1 saturated heterocycles. The second kappa shape index (κ2) is 14.3. The Labute approximate surface area is 258 Å². The zero-order valence-electron chi connectivity index (χ0n) is 24.0. The van der Waals surface area contributed by atoms with Crippen molar-refractivity contribution in [3.05, 3.63) is 83.3 Å². The van der Waals surface area contributed by atoms with Gasteiger partial charge in [0.05, 0.1) is 19.0 Å². The van der Waals surface area contributed by atoms with Crippen molar-refractivity contribution in [2.45, 2.75) is 25.4 Å². The number of β-amino-alcohol motifs (C(OH)–C–C–N with tert-alkyl or cyclic N) is 1. The number of nitrogens with one attached hydrogen (secondary N) is 2. The maximum Gasteiger partial charge on any atom is 0.325 e. The molecule has 3 N–H and O–H groups in total. The van der Waals surface area contributed by atoms with E-state index in [9.17, 15) is 14.7 Å². The van der Waals surface area contributed by atoms with E-state index in [4.69, 9.17) is 25.8 Å². The SMILES string of the molecule is COc1cc2c(Oc3ccc(NC(=O)NC(=O)Cc4cccc(Cl)c4)cc3F)ccnc2cc1OCC(O)CN1CCCC1. The number of amides is 3. The summed E-state index contributed by atoms with van der Waals surface area (Å²) >= 11 is 5.93. The molecule has 0 radical (unpaired) electrons. The van der Waals surface area contributed by atoms with E-state index in [1.165, 1.54) is 25.4 Å². The molecular weight excluding hydrogens is 591 g/mol. The van der Waals surface area contributed by atoms with Gasteiger partial charge in [0, 0.05) is 41.0 Å². The summed E-state index contributed by atoms with van der Waals surface area (Å²) in [5.41, 5.74) is 1.29. The summed E-state index contributed by atoms with van der Waals surface area (Å²) in [5, 5.41) is 16.1. The van der Waals surface area contributed by atoms with Crippen LogP contribution in [-0.2, 0) is 11.2 Å². The molecule has 0 spiro atoms. The molecule has 1 aliphatic rings. The Morgan fingerprint density at radius 2 is 1.86 bits per heavy atom. The molecule has 4 aromatic rings. The number of hydrogen-bond acceptors (Lipinski definition) is 8. The molecule has 0 bridgehead atoms. The molecular formula is C32H32ClFN4O6. The molecule has 1 fully saturated rings. The molecule has 3 aromatic carbocycles. The number of nitrogens with zero attached hydrogens (tertiary/aromatic N) is 2. The van der Waals surface area contributed by atoms with E-state index in [0.29, 0.717) is 45.3 Å². The smallest absolute Gasteiger partial charge is 0.325 e. The molecule has 1 unspecified atom stereocenters. The first kappa shape index (κ1) is 31.0. The van der Waals surface area contributed by atoms with Gasteiger partial charge in [0.15, 0.2) is 23.1 Å². The summed E-state index contributed by atoms with van der Waals surface area (Å²) < 4.78 is 32.3. The maximum absolute atomic E-state index is 15.0. The van der Waals surface area contributed by atoms with Crippen LogP contribution in [0.1, 0.15) is 18.4 Å². The van der Waals surface area contributed by atoms with Crippen molar-refractivity contribution in [3.8, 4) is 23.0 Å². The summed E-state index contributed by atoms with van der Waals surface area (Å²) in [6.45, 7) is 2.59. The number of aliphatic hydroxyl groups is 1. The van der Waals surface area contributed by atoms with Gasteiger partial charge < -0.3 is 29.5 Å². The average Bonchev–Trinajstić information content (AvgIpc) is 3.50. The number of anilines is 1. The largest absolute Gasteiger partial charge is 0.493 e. The van der Waals surface area contributed by atoms with E-state index in [2.05, 4.69) is 20.5 Å². The fourth-order valence-corrected chi connectivity index (χ4v) is 5.15. The van der Waals surface area contributed by atoms with Gasteiger partial charge in [-0.1, -0.05) is 23.7 Å². The number of halogens is 2. The van der Waals surface area contributed by atoms with Gasteiger partial charge in [-0.05, 0) is 67.9 Å².